The van der Waals surface area contributed by atoms with E-state index in [9.17, 15) is 0 Å². The third kappa shape index (κ3) is 2.44. The molecule has 0 amide bonds. The first-order chi connectivity index (χ1) is 9.90. The molecular weight excluding hydrogens is 242 g/mol. The van der Waals surface area contributed by atoms with Gasteiger partial charge in [0.05, 0.1) is 5.69 Å². The van der Waals surface area contributed by atoms with E-state index in [1.54, 1.807) is 0 Å². The Morgan fingerprint density at radius 1 is 0.850 bits per heavy atom. The Hall–Kier alpha value is -2.15. The first-order valence-electron chi connectivity index (χ1n) is 7.32. The standard InChI is InChI=1S/C19H19N/c1-2-3-9-16-14-20-19(15-10-5-4-6-11-15)18-13-8-7-12-17(16)18/h4-8,10-14H,2-3,9H2,1H3. The summed E-state index contributed by atoms with van der Waals surface area (Å²) in [6, 6.07) is 19.0. The molecule has 20 heavy (non-hydrogen) atoms. The van der Waals surface area contributed by atoms with Crippen LogP contribution in [0.4, 0.5) is 0 Å². The first-order valence-corrected chi connectivity index (χ1v) is 7.32. The molecule has 0 saturated carbocycles. The maximum absolute atomic E-state index is 4.73. The minimum atomic E-state index is 1.08. The van der Waals surface area contributed by atoms with Crippen molar-refractivity contribution < 1.29 is 0 Å². The van der Waals surface area contributed by atoms with Crippen LogP contribution in [-0.4, -0.2) is 4.98 Å². The summed E-state index contributed by atoms with van der Waals surface area (Å²) in [4.78, 5) is 4.73. The number of benzene rings is 2. The summed E-state index contributed by atoms with van der Waals surface area (Å²) in [5.41, 5.74) is 3.63. The van der Waals surface area contributed by atoms with Crippen LogP contribution in [0.2, 0.25) is 0 Å². The van der Waals surface area contributed by atoms with Gasteiger partial charge in [0.25, 0.3) is 0 Å². The number of nitrogens with zero attached hydrogens (tertiary/aromatic N) is 1. The molecule has 0 N–H and O–H groups in total. The zero-order chi connectivity index (χ0) is 13.8. The van der Waals surface area contributed by atoms with Crippen molar-refractivity contribution in [2.45, 2.75) is 26.2 Å². The quantitative estimate of drug-likeness (QED) is 0.625. The van der Waals surface area contributed by atoms with Crippen molar-refractivity contribution in [2.24, 2.45) is 0 Å². The molecule has 0 saturated heterocycles. The Labute approximate surface area is 120 Å². The minimum Gasteiger partial charge on any atom is -0.255 e. The lowest BCUT2D eigenvalue weighted by Crippen LogP contribution is -1.93. The van der Waals surface area contributed by atoms with Crippen LogP contribution < -0.4 is 0 Å². The maximum atomic E-state index is 4.73. The van der Waals surface area contributed by atoms with Gasteiger partial charge < -0.3 is 0 Å². The highest BCUT2D eigenvalue weighted by molar-refractivity contribution is 5.96. The number of unbranched alkanes of at least 4 members (excludes halogenated alkanes) is 1. The van der Waals surface area contributed by atoms with E-state index < -0.39 is 0 Å². The fourth-order valence-electron chi connectivity index (χ4n) is 2.64. The topological polar surface area (TPSA) is 12.9 Å². The van der Waals surface area contributed by atoms with E-state index in [0.29, 0.717) is 0 Å². The lowest BCUT2D eigenvalue weighted by Gasteiger charge is -2.10. The van der Waals surface area contributed by atoms with Crippen LogP contribution in [0.15, 0.2) is 60.8 Å². The van der Waals surface area contributed by atoms with E-state index in [4.69, 9.17) is 4.98 Å². The number of fused-ring (bicyclic) bond motifs is 1. The number of rotatable bonds is 4. The fraction of sp³-hybridized carbons (Fsp3) is 0.211. The molecule has 0 aliphatic rings. The van der Waals surface area contributed by atoms with Gasteiger partial charge in [-0.15, -0.1) is 0 Å². The maximum Gasteiger partial charge on any atom is 0.0780 e. The Bertz CT molecular complexity index is 701. The van der Waals surface area contributed by atoms with Gasteiger partial charge in [-0.2, -0.15) is 0 Å². The van der Waals surface area contributed by atoms with E-state index >= 15 is 0 Å². The van der Waals surface area contributed by atoms with Crippen molar-refractivity contribution in [1.82, 2.24) is 4.98 Å². The fourth-order valence-corrected chi connectivity index (χ4v) is 2.64. The van der Waals surface area contributed by atoms with Crippen LogP contribution in [0.5, 0.6) is 0 Å². The van der Waals surface area contributed by atoms with Crippen LogP contribution in [0.1, 0.15) is 25.3 Å². The Kier molecular flexibility index (Phi) is 3.78. The van der Waals surface area contributed by atoms with Crippen molar-refractivity contribution in [3.05, 3.63) is 66.4 Å². The molecule has 0 spiro atoms. The highest BCUT2D eigenvalue weighted by Crippen LogP contribution is 2.29. The highest BCUT2D eigenvalue weighted by Gasteiger charge is 2.08. The summed E-state index contributed by atoms with van der Waals surface area (Å²) in [6.45, 7) is 2.23. The SMILES string of the molecule is CCCCc1cnc(-c2ccccc2)c2ccccc12. The van der Waals surface area contributed by atoms with E-state index in [-0.39, 0.29) is 0 Å². The van der Waals surface area contributed by atoms with Gasteiger partial charge in [-0.25, -0.2) is 0 Å². The van der Waals surface area contributed by atoms with Crippen molar-refractivity contribution in [3.8, 4) is 11.3 Å². The third-order valence-electron chi connectivity index (χ3n) is 3.72. The minimum absolute atomic E-state index is 1.08. The van der Waals surface area contributed by atoms with Crippen LogP contribution in [-0.2, 0) is 6.42 Å². The molecule has 1 aromatic heterocycles. The molecule has 100 valence electrons. The molecule has 0 aliphatic heterocycles. The predicted molar refractivity (Wildman–Crippen MR) is 85.8 cm³/mol. The normalized spacial score (nSPS) is 10.8. The van der Waals surface area contributed by atoms with E-state index in [0.717, 1.165) is 12.1 Å². The molecule has 0 atom stereocenters. The van der Waals surface area contributed by atoms with Gasteiger partial charge in [0, 0.05) is 17.1 Å². The lowest BCUT2D eigenvalue weighted by molar-refractivity contribution is 0.796. The van der Waals surface area contributed by atoms with E-state index in [2.05, 4.69) is 61.7 Å². The molecule has 0 aliphatic carbocycles. The number of hydrogen-bond acceptors (Lipinski definition) is 1. The Morgan fingerprint density at radius 2 is 1.55 bits per heavy atom. The van der Waals surface area contributed by atoms with Crippen LogP contribution in [0.3, 0.4) is 0 Å². The van der Waals surface area contributed by atoms with E-state index in [1.165, 1.54) is 34.7 Å². The molecule has 0 bridgehead atoms. The summed E-state index contributed by atoms with van der Waals surface area (Å²) in [6.07, 6.45) is 5.60. The van der Waals surface area contributed by atoms with Gasteiger partial charge in [-0.05, 0) is 23.8 Å². The summed E-state index contributed by atoms with van der Waals surface area (Å²) in [5, 5.41) is 2.60. The summed E-state index contributed by atoms with van der Waals surface area (Å²) < 4.78 is 0. The van der Waals surface area contributed by atoms with Gasteiger partial charge >= 0.3 is 0 Å². The van der Waals surface area contributed by atoms with Gasteiger partial charge in [0.2, 0.25) is 0 Å². The number of hydrogen-bond donors (Lipinski definition) is 0. The van der Waals surface area contributed by atoms with Crippen LogP contribution >= 0.6 is 0 Å². The number of aromatic nitrogens is 1. The average molecular weight is 261 g/mol. The molecule has 1 heteroatoms. The van der Waals surface area contributed by atoms with Gasteiger partial charge in [0.1, 0.15) is 0 Å². The molecule has 1 heterocycles. The number of aryl methyl sites for hydroxylation is 1. The van der Waals surface area contributed by atoms with Crippen LogP contribution in [0, 0.1) is 0 Å². The molecule has 1 nitrogen and oxygen atoms in total. The van der Waals surface area contributed by atoms with Gasteiger partial charge in [-0.1, -0.05) is 67.9 Å². The van der Waals surface area contributed by atoms with Crippen molar-refractivity contribution >= 4 is 10.8 Å². The third-order valence-corrected chi connectivity index (χ3v) is 3.72. The second kappa shape index (κ2) is 5.87. The van der Waals surface area contributed by atoms with Crippen molar-refractivity contribution in [3.63, 3.8) is 0 Å². The molecule has 3 aromatic rings. The van der Waals surface area contributed by atoms with Gasteiger partial charge in [0.15, 0.2) is 0 Å². The zero-order valence-corrected chi connectivity index (χ0v) is 11.8. The predicted octanol–water partition coefficient (Wildman–Crippen LogP) is 5.24. The number of pyridine rings is 1. The Morgan fingerprint density at radius 3 is 2.30 bits per heavy atom. The highest BCUT2D eigenvalue weighted by atomic mass is 14.7. The second-order valence-electron chi connectivity index (χ2n) is 5.15. The van der Waals surface area contributed by atoms with E-state index in [1.807, 2.05) is 6.07 Å². The molecule has 3 rings (SSSR count). The summed E-state index contributed by atoms with van der Waals surface area (Å²) in [7, 11) is 0. The monoisotopic (exact) mass is 261 g/mol. The summed E-state index contributed by atoms with van der Waals surface area (Å²) >= 11 is 0. The summed E-state index contributed by atoms with van der Waals surface area (Å²) in [5.74, 6) is 0. The smallest absolute Gasteiger partial charge is 0.0780 e. The zero-order valence-electron chi connectivity index (χ0n) is 11.8. The van der Waals surface area contributed by atoms with Crippen molar-refractivity contribution in [2.75, 3.05) is 0 Å². The van der Waals surface area contributed by atoms with Crippen molar-refractivity contribution in [1.29, 1.82) is 0 Å². The second-order valence-corrected chi connectivity index (χ2v) is 5.15. The molecule has 2 aromatic carbocycles. The first kappa shape index (κ1) is 12.9. The Balaban J connectivity index is 2.16. The van der Waals surface area contributed by atoms with Gasteiger partial charge in [-0.3, -0.25) is 4.98 Å². The lowest BCUT2D eigenvalue weighted by atomic mass is 9.98. The molecule has 0 unspecified atom stereocenters. The molecule has 0 fully saturated rings. The largest absolute Gasteiger partial charge is 0.255 e. The van der Waals surface area contributed by atoms with Crippen LogP contribution in [0.25, 0.3) is 22.0 Å². The molecular formula is C19H19N. The molecule has 0 radical (unpaired) electrons. The average Bonchev–Trinajstić information content (AvgIpc) is 2.53.